The Kier molecular flexibility index (Phi) is 5.25. The molecule has 1 amide bonds. The average molecular weight is 371 g/mol. The molecule has 1 unspecified atom stereocenters. The molecule has 8 heteroatoms. The lowest BCUT2D eigenvalue weighted by molar-refractivity contribution is -0.122. The summed E-state index contributed by atoms with van der Waals surface area (Å²) in [6, 6.07) is 13.2. The summed E-state index contributed by atoms with van der Waals surface area (Å²) < 4.78 is 32.7. The van der Waals surface area contributed by atoms with Crippen LogP contribution in [0.2, 0.25) is 0 Å². The molecule has 138 valence electrons. The third-order valence-corrected chi connectivity index (χ3v) is 3.61. The number of nitrogens with one attached hydrogen (secondary N) is 1. The summed E-state index contributed by atoms with van der Waals surface area (Å²) in [4.78, 5) is 24.2. The van der Waals surface area contributed by atoms with Gasteiger partial charge in [0.15, 0.2) is 6.10 Å². The normalized spacial score (nSPS) is 11.7. The molecular formula is C19H15F2N3O3. The minimum Gasteiger partial charge on any atom is -0.463 e. The predicted octanol–water partition coefficient (Wildman–Crippen LogP) is 2.92. The molecule has 0 aliphatic rings. The Morgan fingerprint density at radius 2 is 1.81 bits per heavy atom. The summed E-state index contributed by atoms with van der Waals surface area (Å²) in [6.07, 6.45) is -0.958. The van der Waals surface area contributed by atoms with Crippen LogP contribution in [0.3, 0.4) is 0 Å². The summed E-state index contributed by atoms with van der Waals surface area (Å²) in [6.45, 7) is 1.49. The highest BCUT2D eigenvalue weighted by atomic mass is 19.1. The van der Waals surface area contributed by atoms with Crippen molar-refractivity contribution in [2.75, 3.05) is 5.32 Å². The van der Waals surface area contributed by atoms with Gasteiger partial charge in [0, 0.05) is 17.8 Å². The second-order valence-corrected chi connectivity index (χ2v) is 5.66. The largest absolute Gasteiger partial charge is 0.463 e. The molecule has 0 aliphatic carbocycles. The maximum atomic E-state index is 13.2. The third-order valence-electron chi connectivity index (χ3n) is 3.61. The number of hydrogen-bond donors (Lipinski definition) is 1. The molecule has 27 heavy (non-hydrogen) atoms. The lowest BCUT2D eigenvalue weighted by Gasteiger charge is -2.15. The zero-order valence-corrected chi connectivity index (χ0v) is 14.2. The highest BCUT2D eigenvalue weighted by Gasteiger charge is 2.16. The number of halogens is 2. The average Bonchev–Trinajstić information content (AvgIpc) is 2.64. The van der Waals surface area contributed by atoms with Crippen LogP contribution in [0.1, 0.15) is 6.92 Å². The molecular weight excluding hydrogens is 356 g/mol. The molecule has 6 nitrogen and oxygen atoms in total. The Balaban J connectivity index is 1.75. The van der Waals surface area contributed by atoms with Crippen LogP contribution in [-0.4, -0.2) is 21.8 Å². The first kappa shape index (κ1) is 18.2. The number of benzene rings is 2. The second kappa shape index (κ2) is 7.77. The van der Waals surface area contributed by atoms with Gasteiger partial charge in [0.1, 0.15) is 11.6 Å². The number of hydrogen-bond acceptors (Lipinski definition) is 4. The van der Waals surface area contributed by atoms with Crippen molar-refractivity contribution in [2.45, 2.75) is 13.0 Å². The van der Waals surface area contributed by atoms with E-state index in [1.54, 1.807) is 6.07 Å². The highest BCUT2D eigenvalue weighted by Crippen LogP contribution is 2.13. The number of carbonyl (C=O) groups is 1. The van der Waals surface area contributed by atoms with Crippen molar-refractivity contribution in [3.8, 4) is 11.6 Å². The van der Waals surface area contributed by atoms with Gasteiger partial charge < -0.3 is 10.1 Å². The molecule has 1 N–H and O–H groups in total. The van der Waals surface area contributed by atoms with E-state index in [-0.39, 0.29) is 5.88 Å². The summed E-state index contributed by atoms with van der Waals surface area (Å²) >= 11 is 0. The number of anilines is 1. The third kappa shape index (κ3) is 4.55. The number of carbonyl (C=O) groups excluding carboxylic acids is 1. The molecule has 0 aliphatic heterocycles. The fraction of sp³-hybridized carbons (Fsp3) is 0.105. The van der Waals surface area contributed by atoms with Crippen molar-refractivity contribution in [3.63, 3.8) is 0 Å². The molecule has 0 saturated carbocycles. The maximum absolute atomic E-state index is 13.2. The van der Waals surface area contributed by atoms with Crippen molar-refractivity contribution in [1.29, 1.82) is 0 Å². The first-order chi connectivity index (χ1) is 12.9. The van der Waals surface area contributed by atoms with Crippen LogP contribution >= 0.6 is 0 Å². The monoisotopic (exact) mass is 371 g/mol. The van der Waals surface area contributed by atoms with Gasteiger partial charge >= 0.3 is 0 Å². The molecule has 0 fully saturated rings. The standard InChI is InChI=1S/C19H15F2N3O3/c1-12(19(26)22-15-4-2-3-14(21)11-15)27-17-9-10-18(25)24(23-17)16-7-5-13(20)6-8-16/h2-12H,1H3,(H,22,26). The number of amides is 1. The smallest absolute Gasteiger partial charge is 0.271 e. The van der Waals surface area contributed by atoms with Crippen molar-refractivity contribution in [1.82, 2.24) is 9.78 Å². The molecule has 0 radical (unpaired) electrons. The summed E-state index contributed by atoms with van der Waals surface area (Å²) in [5, 5.41) is 6.56. The molecule has 3 aromatic rings. The van der Waals surface area contributed by atoms with E-state index >= 15 is 0 Å². The number of ether oxygens (including phenoxy) is 1. The summed E-state index contributed by atoms with van der Waals surface area (Å²) in [5.74, 6) is -1.40. The van der Waals surface area contributed by atoms with Crippen LogP contribution in [0.4, 0.5) is 14.5 Å². The van der Waals surface area contributed by atoms with Crippen LogP contribution in [0.15, 0.2) is 65.5 Å². The van der Waals surface area contributed by atoms with Gasteiger partial charge in [0.2, 0.25) is 5.88 Å². The molecule has 3 rings (SSSR count). The van der Waals surface area contributed by atoms with Crippen LogP contribution in [0.25, 0.3) is 5.69 Å². The maximum Gasteiger partial charge on any atom is 0.271 e. The minimum atomic E-state index is -0.958. The van der Waals surface area contributed by atoms with Gasteiger partial charge in [-0.3, -0.25) is 9.59 Å². The number of aromatic nitrogens is 2. The Morgan fingerprint density at radius 1 is 1.07 bits per heavy atom. The van der Waals surface area contributed by atoms with E-state index in [1.165, 1.54) is 61.5 Å². The van der Waals surface area contributed by atoms with Gasteiger partial charge in [-0.15, -0.1) is 5.10 Å². The van der Waals surface area contributed by atoms with E-state index in [0.29, 0.717) is 11.4 Å². The molecule has 0 spiro atoms. The van der Waals surface area contributed by atoms with Crippen LogP contribution in [-0.2, 0) is 4.79 Å². The first-order valence-corrected chi connectivity index (χ1v) is 8.02. The fourth-order valence-corrected chi connectivity index (χ4v) is 2.27. The minimum absolute atomic E-state index is 0.0285. The van der Waals surface area contributed by atoms with Gasteiger partial charge in [0.05, 0.1) is 5.69 Å². The van der Waals surface area contributed by atoms with Gasteiger partial charge in [-0.2, -0.15) is 4.68 Å². The summed E-state index contributed by atoms with van der Waals surface area (Å²) in [7, 11) is 0. The van der Waals surface area contributed by atoms with Crippen LogP contribution < -0.4 is 15.6 Å². The zero-order chi connectivity index (χ0) is 19.4. The first-order valence-electron chi connectivity index (χ1n) is 8.02. The second-order valence-electron chi connectivity index (χ2n) is 5.66. The Morgan fingerprint density at radius 3 is 2.52 bits per heavy atom. The van der Waals surface area contributed by atoms with Gasteiger partial charge in [-0.1, -0.05) is 6.07 Å². The Hall–Kier alpha value is -3.55. The lowest BCUT2D eigenvalue weighted by atomic mass is 10.3. The highest BCUT2D eigenvalue weighted by molar-refractivity contribution is 5.94. The van der Waals surface area contributed by atoms with Gasteiger partial charge in [-0.05, 0) is 49.4 Å². The summed E-state index contributed by atoms with van der Waals surface area (Å²) in [5.41, 5.74) is 0.203. The van der Waals surface area contributed by atoms with E-state index in [2.05, 4.69) is 10.4 Å². The van der Waals surface area contributed by atoms with Gasteiger partial charge in [-0.25, -0.2) is 8.78 Å². The number of nitrogens with zero attached hydrogens (tertiary/aromatic N) is 2. The zero-order valence-electron chi connectivity index (χ0n) is 14.2. The van der Waals surface area contributed by atoms with E-state index in [1.807, 2.05) is 0 Å². The quantitative estimate of drug-likeness (QED) is 0.749. The number of rotatable bonds is 5. The molecule has 1 atom stereocenters. The Bertz CT molecular complexity index is 1020. The van der Waals surface area contributed by atoms with Crippen LogP contribution in [0.5, 0.6) is 5.88 Å². The molecule has 2 aromatic carbocycles. The molecule has 0 bridgehead atoms. The van der Waals surface area contributed by atoms with Crippen molar-refractivity contribution >= 4 is 11.6 Å². The SMILES string of the molecule is CC(Oc1ccc(=O)n(-c2ccc(F)cc2)n1)C(=O)Nc1cccc(F)c1. The van der Waals surface area contributed by atoms with Crippen molar-refractivity contribution in [2.24, 2.45) is 0 Å². The molecule has 1 aromatic heterocycles. The van der Waals surface area contributed by atoms with E-state index in [0.717, 1.165) is 4.68 Å². The van der Waals surface area contributed by atoms with Crippen LogP contribution in [0, 0.1) is 11.6 Å². The lowest BCUT2D eigenvalue weighted by Crippen LogP contribution is -2.31. The molecule has 1 heterocycles. The van der Waals surface area contributed by atoms with E-state index in [4.69, 9.17) is 4.74 Å². The van der Waals surface area contributed by atoms with E-state index < -0.39 is 29.2 Å². The predicted molar refractivity (Wildman–Crippen MR) is 94.9 cm³/mol. The van der Waals surface area contributed by atoms with Gasteiger partial charge in [0.25, 0.3) is 11.5 Å². The van der Waals surface area contributed by atoms with E-state index in [9.17, 15) is 18.4 Å². The Labute approximate surface area is 153 Å². The van der Waals surface area contributed by atoms with Crippen molar-refractivity contribution < 1.29 is 18.3 Å². The van der Waals surface area contributed by atoms with Crippen molar-refractivity contribution in [3.05, 3.63) is 82.7 Å². The topological polar surface area (TPSA) is 73.2 Å². The molecule has 0 saturated heterocycles. The fourth-order valence-electron chi connectivity index (χ4n) is 2.27.